The van der Waals surface area contributed by atoms with E-state index in [4.69, 9.17) is 10.7 Å². The first-order chi connectivity index (χ1) is 16.3. The average molecular weight is 468 g/mol. The van der Waals surface area contributed by atoms with E-state index in [9.17, 15) is 14.4 Å². The predicted molar refractivity (Wildman–Crippen MR) is 132 cm³/mol. The molecule has 182 valence electrons. The lowest BCUT2D eigenvalue weighted by atomic mass is 10.1. The Morgan fingerprint density at radius 2 is 1.94 bits per heavy atom. The van der Waals surface area contributed by atoms with Crippen LogP contribution in [0.1, 0.15) is 80.0 Å². The molecule has 1 saturated carbocycles. The van der Waals surface area contributed by atoms with Crippen molar-refractivity contribution < 1.29 is 4.79 Å². The molecule has 3 heterocycles. The molecule has 34 heavy (non-hydrogen) atoms. The molecule has 1 aliphatic carbocycles. The number of nitrogen functional groups attached to an aromatic ring is 1. The van der Waals surface area contributed by atoms with Crippen molar-refractivity contribution >= 4 is 28.4 Å². The van der Waals surface area contributed by atoms with Gasteiger partial charge in [0.15, 0.2) is 11.3 Å². The number of nitrogens with one attached hydrogen (secondary N) is 1. The van der Waals surface area contributed by atoms with Crippen molar-refractivity contribution in [2.24, 2.45) is 7.05 Å². The van der Waals surface area contributed by atoms with E-state index >= 15 is 0 Å². The van der Waals surface area contributed by atoms with E-state index in [2.05, 4.69) is 10.1 Å². The van der Waals surface area contributed by atoms with Crippen LogP contribution >= 0.6 is 0 Å². The highest BCUT2D eigenvalue weighted by atomic mass is 16.2. The SMILES string of the molecule is CCCCN(C(=O)c1cc(C2CC2)nc2c1c(C)nn2C)c1c(N)n(CCCC)c(=O)[nH]c1=O. The second-order valence-corrected chi connectivity index (χ2v) is 9.09. The molecule has 1 fully saturated rings. The molecule has 10 heteroatoms. The van der Waals surface area contributed by atoms with E-state index in [-0.39, 0.29) is 17.4 Å². The standard InChI is InChI=1S/C24H33N7O3/c1-5-7-11-30(19-20(25)31(12-8-6-2)24(34)27-22(19)32)23(33)16-13-17(15-9-10-15)26-21-18(16)14(3)28-29(21)4/h13,15H,5-12,25H2,1-4H3,(H,27,32,34). The van der Waals surface area contributed by atoms with Gasteiger partial charge in [0.1, 0.15) is 5.82 Å². The third-order valence-electron chi connectivity index (χ3n) is 6.41. The van der Waals surface area contributed by atoms with Crippen LogP contribution in [0.15, 0.2) is 15.7 Å². The van der Waals surface area contributed by atoms with Crippen molar-refractivity contribution in [3.63, 3.8) is 0 Å². The molecule has 0 bridgehead atoms. The third-order valence-corrected chi connectivity index (χ3v) is 6.41. The summed E-state index contributed by atoms with van der Waals surface area (Å²) in [4.78, 5) is 48.1. The van der Waals surface area contributed by atoms with E-state index < -0.39 is 11.2 Å². The van der Waals surface area contributed by atoms with Gasteiger partial charge in [-0.05, 0) is 38.7 Å². The molecule has 1 amide bonds. The zero-order valence-corrected chi connectivity index (χ0v) is 20.3. The summed E-state index contributed by atoms with van der Waals surface area (Å²) in [6.07, 6.45) is 5.16. The number of amides is 1. The van der Waals surface area contributed by atoms with Gasteiger partial charge in [-0.3, -0.25) is 23.8 Å². The maximum absolute atomic E-state index is 14.1. The van der Waals surface area contributed by atoms with Crippen molar-refractivity contribution in [2.45, 2.75) is 71.8 Å². The molecule has 10 nitrogen and oxygen atoms in total. The number of anilines is 2. The number of aromatic nitrogens is 5. The van der Waals surface area contributed by atoms with Crippen LogP contribution in [0.3, 0.4) is 0 Å². The molecular weight excluding hydrogens is 434 g/mol. The summed E-state index contributed by atoms with van der Waals surface area (Å²) in [5.41, 5.74) is 7.84. The van der Waals surface area contributed by atoms with Gasteiger partial charge >= 0.3 is 5.69 Å². The Kier molecular flexibility index (Phi) is 6.58. The predicted octanol–water partition coefficient (Wildman–Crippen LogP) is 2.83. The smallest absolute Gasteiger partial charge is 0.330 e. The van der Waals surface area contributed by atoms with E-state index in [1.165, 1.54) is 9.47 Å². The zero-order chi connectivity index (χ0) is 24.6. The summed E-state index contributed by atoms with van der Waals surface area (Å²) in [5.74, 6) is 0.0127. The first-order valence-electron chi connectivity index (χ1n) is 12.1. The van der Waals surface area contributed by atoms with Crippen molar-refractivity contribution in [1.29, 1.82) is 0 Å². The number of carbonyl (C=O) groups excluding carboxylic acids is 1. The summed E-state index contributed by atoms with van der Waals surface area (Å²) >= 11 is 0. The fourth-order valence-corrected chi connectivity index (χ4v) is 4.37. The van der Waals surface area contributed by atoms with Gasteiger partial charge in [0.05, 0.1) is 16.6 Å². The summed E-state index contributed by atoms with van der Waals surface area (Å²) in [6.45, 7) is 6.54. The number of aryl methyl sites for hydroxylation is 2. The van der Waals surface area contributed by atoms with Gasteiger partial charge in [-0.1, -0.05) is 26.7 Å². The number of nitrogens with two attached hydrogens (primary N) is 1. The second kappa shape index (κ2) is 9.44. The molecule has 3 aromatic rings. The van der Waals surface area contributed by atoms with Crippen LogP contribution < -0.4 is 21.9 Å². The fourth-order valence-electron chi connectivity index (χ4n) is 4.37. The average Bonchev–Trinajstić information content (AvgIpc) is 3.61. The minimum Gasteiger partial charge on any atom is -0.383 e. The quantitative estimate of drug-likeness (QED) is 0.497. The number of hydrogen-bond donors (Lipinski definition) is 2. The molecule has 1 aliphatic rings. The number of H-pyrrole nitrogens is 1. The second-order valence-electron chi connectivity index (χ2n) is 9.09. The Hall–Kier alpha value is -3.43. The van der Waals surface area contributed by atoms with Crippen LogP contribution in [0.2, 0.25) is 0 Å². The molecule has 3 aromatic heterocycles. The summed E-state index contributed by atoms with van der Waals surface area (Å²) < 4.78 is 3.04. The number of fused-ring (bicyclic) bond motifs is 1. The maximum atomic E-state index is 14.1. The lowest BCUT2D eigenvalue weighted by Gasteiger charge is -2.25. The number of pyridine rings is 1. The number of unbranched alkanes of at least 4 members (excludes halogenated alkanes) is 2. The maximum Gasteiger partial charge on any atom is 0.330 e. The van der Waals surface area contributed by atoms with Gasteiger partial charge < -0.3 is 10.6 Å². The third kappa shape index (κ3) is 4.24. The topological polar surface area (TPSA) is 132 Å². The first kappa shape index (κ1) is 23.7. The summed E-state index contributed by atoms with van der Waals surface area (Å²) in [7, 11) is 1.81. The van der Waals surface area contributed by atoms with Gasteiger partial charge in [0, 0.05) is 31.7 Å². The highest BCUT2D eigenvalue weighted by Gasteiger charge is 2.31. The van der Waals surface area contributed by atoms with Crippen molar-refractivity contribution in [1.82, 2.24) is 24.3 Å². The normalized spacial score (nSPS) is 13.5. The van der Waals surface area contributed by atoms with Gasteiger partial charge in [0.25, 0.3) is 11.5 Å². The fraction of sp³-hybridized carbons (Fsp3) is 0.542. The molecule has 0 unspecified atom stereocenters. The minimum atomic E-state index is -0.657. The van der Waals surface area contributed by atoms with E-state index in [0.29, 0.717) is 47.7 Å². The Labute approximate surface area is 197 Å². The van der Waals surface area contributed by atoms with Crippen molar-refractivity contribution in [3.05, 3.63) is 43.9 Å². The van der Waals surface area contributed by atoms with Gasteiger partial charge in [-0.2, -0.15) is 5.10 Å². The summed E-state index contributed by atoms with van der Waals surface area (Å²) in [6, 6.07) is 1.84. The van der Waals surface area contributed by atoms with Crippen LogP contribution in [-0.4, -0.2) is 36.8 Å². The monoisotopic (exact) mass is 467 g/mol. The zero-order valence-electron chi connectivity index (χ0n) is 20.3. The molecule has 0 spiro atoms. The molecule has 0 aromatic carbocycles. The number of rotatable bonds is 9. The van der Waals surface area contributed by atoms with Crippen molar-refractivity contribution in [3.8, 4) is 0 Å². The lowest BCUT2D eigenvalue weighted by molar-refractivity contribution is 0.0987. The molecule has 0 aliphatic heterocycles. The van der Waals surface area contributed by atoms with E-state index in [1.54, 1.807) is 4.68 Å². The van der Waals surface area contributed by atoms with Crippen LogP contribution in [0.5, 0.6) is 0 Å². The molecular formula is C24H33N7O3. The number of carbonyl (C=O) groups is 1. The molecule has 0 radical (unpaired) electrons. The van der Waals surface area contributed by atoms with Gasteiger partial charge in [-0.25, -0.2) is 9.78 Å². The van der Waals surface area contributed by atoms with Gasteiger partial charge in [-0.15, -0.1) is 0 Å². The largest absolute Gasteiger partial charge is 0.383 e. The highest BCUT2D eigenvalue weighted by Crippen LogP contribution is 2.40. The lowest BCUT2D eigenvalue weighted by Crippen LogP contribution is -2.41. The number of nitrogens with zero attached hydrogens (tertiary/aromatic N) is 5. The molecule has 0 atom stereocenters. The number of hydrogen-bond acceptors (Lipinski definition) is 6. The van der Waals surface area contributed by atoms with Crippen LogP contribution in [0, 0.1) is 6.92 Å². The Balaban J connectivity index is 1.90. The first-order valence-corrected chi connectivity index (χ1v) is 12.1. The van der Waals surface area contributed by atoms with Crippen molar-refractivity contribution in [2.75, 3.05) is 17.2 Å². The highest BCUT2D eigenvalue weighted by molar-refractivity contribution is 6.14. The molecule has 3 N–H and O–H groups in total. The molecule has 4 rings (SSSR count). The van der Waals surface area contributed by atoms with Crippen LogP contribution in [0.4, 0.5) is 11.5 Å². The van der Waals surface area contributed by atoms with E-state index in [1.807, 2.05) is 33.9 Å². The Bertz CT molecular complexity index is 1350. The summed E-state index contributed by atoms with van der Waals surface area (Å²) in [5, 5.41) is 5.16. The van der Waals surface area contributed by atoms with Gasteiger partial charge in [0.2, 0.25) is 0 Å². The molecule has 0 saturated heterocycles. The Morgan fingerprint density at radius 3 is 2.59 bits per heavy atom. The number of aromatic amines is 1. The van der Waals surface area contributed by atoms with Crippen LogP contribution in [-0.2, 0) is 13.6 Å². The Morgan fingerprint density at radius 1 is 1.24 bits per heavy atom. The van der Waals surface area contributed by atoms with E-state index in [0.717, 1.165) is 37.8 Å². The minimum absolute atomic E-state index is 0.0160. The van der Waals surface area contributed by atoms with Crippen LogP contribution in [0.25, 0.3) is 11.0 Å².